The smallest absolute Gasteiger partial charge is 0.449 e. The summed E-state index contributed by atoms with van der Waals surface area (Å²) in [7, 11) is 0. The van der Waals surface area contributed by atoms with Crippen molar-refractivity contribution in [1.29, 1.82) is 0 Å². The van der Waals surface area contributed by atoms with Crippen LogP contribution in [0.1, 0.15) is 0 Å². The van der Waals surface area contributed by atoms with Gasteiger partial charge in [0.25, 0.3) is 0 Å². The zero-order valence-corrected chi connectivity index (χ0v) is 7.36. The highest BCUT2D eigenvalue weighted by atomic mass is 19.4. The molecule has 0 N–H and O–H groups in total. The highest BCUT2D eigenvalue weighted by Gasteiger charge is 2.36. The first-order chi connectivity index (χ1) is 7.04. The molecular formula is C9H6F3NO2. The van der Waals surface area contributed by atoms with Crippen molar-refractivity contribution in [3.63, 3.8) is 0 Å². The van der Waals surface area contributed by atoms with Crippen molar-refractivity contribution in [2.45, 2.75) is 6.18 Å². The number of nitrogens with zero attached hydrogens (tertiary/aromatic N) is 1. The highest BCUT2D eigenvalue weighted by Crippen LogP contribution is 2.27. The van der Waals surface area contributed by atoms with Gasteiger partial charge in [-0.1, -0.05) is 0 Å². The highest BCUT2D eigenvalue weighted by molar-refractivity contribution is 5.66. The fourth-order valence-corrected chi connectivity index (χ4v) is 0.783. The number of allylic oxidation sites excluding steroid dienone is 2. The van der Waals surface area contributed by atoms with Crippen molar-refractivity contribution in [2.24, 2.45) is 0 Å². The number of ether oxygens (including phenoxy) is 1. The summed E-state index contributed by atoms with van der Waals surface area (Å²) < 4.78 is 41.1. The lowest BCUT2D eigenvalue weighted by Gasteiger charge is -2.11. The molecule has 0 atom stereocenters. The summed E-state index contributed by atoms with van der Waals surface area (Å²) in [5.41, 5.74) is 0. The van der Waals surface area contributed by atoms with E-state index >= 15 is 0 Å². The molecule has 0 aliphatic rings. The molecule has 0 aliphatic heterocycles. The Morgan fingerprint density at radius 2 is 2.20 bits per heavy atom. The number of aldehydes is 1. The van der Waals surface area contributed by atoms with Gasteiger partial charge in [0.05, 0.1) is 6.20 Å². The van der Waals surface area contributed by atoms with Crippen LogP contribution in [-0.2, 0) is 4.79 Å². The Hall–Kier alpha value is -1.85. The molecule has 0 saturated heterocycles. The second kappa shape index (κ2) is 4.59. The summed E-state index contributed by atoms with van der Waals surface area (Å²) in [5, 5.41) is 0. The van der Waals surface area contributed by atoms with Crippen LogP contribution in [0.3, 0.4) is 0 Å². The summed E-state index contributed by atoms with van der Waals surface area (Å²) >= 11 is 0. The molecule has 6 heteroatoms. The van der Waals surface area contributed by atoms with Gasteiger partial charge in [-0.15, -0.1) is 0 Å². The molecule has 1 rings (SSSR count). The molecule has 0 bridgehead atoms. The third kappa shape index (κ3) is 3.41. The van der Waals surface area contributed by atoms with E-state index in [9.17, 15) is 18.0 Å². The van der Waals surface area contributed by atoms with Crippen molar-refractivity contribution in [1.82, 2.24) is 4.98 Å². The molecule has 0 aliphatic carbocycles. The monoisotopic (exact) mass is 217 g/mol. The van der Waals surface area contributed by atoms with E-state index in [1.165, 1.54) is 18.3 Å². The van der Waals surface area contributed by atoms with Crippen LogP contribution in [-0.4, -0.2) is 17.4 Å². The van der Waals surface area contributed by atoms with E-state index in [2.05, 4.69) is 9.72 Å². The number of hydrogen-bond acceptors (Lipinski definition) is 3. The molecule has 0 spiro atoms. The van der Waals surface area contributed by atoms with E-state index in [0.29, 0.717) is 6.08 Å². The summed E-state index contributed by atoms with van der Waals surface area (Å²) in [6.45, 7) is 0. The van der Waals surface area contributed by atoms with E-state index in [1.807, 2.05) is 0 Å². The van der Waals surface area contributed by atoms with Crippen LogP contribution < -0.4 is 4.74 Å². The first-order valence-electron chi connectivity index (χ1n) is 3.84. The van der Waals surface area contributed by atoms with E-state index < -0.39 is 11.9 Å². The van der Waals surface area contributed by atoms with E-state index in [1.54, 1.807) is 0 Å². The van der Waals surface area contributed by atoms with Crippen molar-refractivity contribution >= 4 is 6.29 Å². The first-order valence-corrected chi connectivity index (χ1v) is 3.84. The Morgan fingerprint density at radius 3 is 2.67 bits per heavy atom. The Balaban J connectivity index is 2.86. The number of carbonyl (C=O) groups is 1. The summed E-state index contributed by atoms with van der Waals surface area (Å²) in [4.78, 5) is 13.6. The average molecular weight is 217 g/mol. The van der Waals surface area contributed by atoms with Gasteiger partial charge in [0.1, 0.15) is 12.0 Å². The molecule has 1 aromatic heterocycles. The number of aromatic nitrogens is 1. The standard InChI is InChI=1S/C9H6F3NO2/c10-9(11,12)8(3-5-14)15-7-2-1-4-13-6-7/h1-6H/b8-3-. The minimum Gasteiger partial charge on any atom is -0.450 e. The number of rotatable bonds is 3. The predicted molar refractivity (Wildman–Crippen MR) is 45.1 cm³/mol. The summed E-state index contributed by atoms with van der Waals surface area (Å²) in [6, 6.07) is 2.72. The molecule has 0 aromatic carbocycles. The second-order valence-corrected chi connectivity index (χ2v) is 2.46. The van der Waals surface area contributed by atoms with Gasteiger partial charge in [-0.25, -0.2) is 0 Å². The average Bonchev–Trinajstić information content (AvgIpc) is 2.17. The van der Waals surface area contributed by atoms with E-state index in [0.717, 1.165) is 6.20 Å². The Bertz CT molecular complexity index is 359. The molecule has 0 saturated carbocycles. The van der Waals surface area contributed by atoms with E-state index in [-0.39, 0.29) is 12.0 Å². The normalized spacial score (nSPS) is 12.3. The zero-order chi connectivity index (χ0) is 11.3. The van der Waals surface area contributed by atoms with Crippen LogP contribution in [0.5, 0.6) is 5.75 Å². The minimum atomic E-state index is -4.70. The Kier molecular flexibility index (Phi) is 3.43. The van der Waals surface area contributed by atoms with Crippen LogP contribution in [0.15, 0.2) is 36.4 Å². The van der Waals surface area contributed by atoms with Gasteiger partial charge in [-0.3, -0.25) is 9.78 Å². The molecule has 3 nitrogen and oxygen atoms in total. The van der Waals surface area contributed by atoms with Crippen molar-refractivity contribution in [3.05, 3.63) is 36.4 Å². The van der Waals surface area contributed by atoms with Gasteiger partial charge in [0.2, 0.25) is 5.76 Å². The van der Waals surface area contributed by atoms with Crippen LogP contribution in [0.4, 0.5) is 13.2 Å². The molecule has 80 valence electrons. The zero-order valence-electron chi connectivity index (χ0n) is 7.36. The van der Waals surface area contributed by atoms with Crippen LogP contribution in [0, 0.1) is 0 Å². The van der Waals surface area contributed by atoms with Gasteiger partial charge in [-0.05, 0) is 12.1 Å². The maximum atomic E-state index is 12.2. The first kappa shape index (κ1) is 11.2. The van der Waals surface area contributed by atoms with Crippen molar-refractivity contribution in [2.75, 3.05) is 0 Å². The number of alkyl halides is 3. The molecular weight excluding hydrogens is 211 g/mol. The molecule has 1 heterocycles. The van der Waals surface area contributed by atoms with Gasteiger partial charge in [-0.2, -0.15) is 13.2 Å². The maximum Gasteiger partial charge on any atom is 0.449 e. The predicted octanol–water partition coefficient (Wildman–Crippen LogP) is 2.11. The van der Waals surface area contributed by atoms with Crippen molar-refractivity contribution in [3.8, 4) is 5.75 Å². The Labute approximate surface area is 83.2 Å². The summed E-state index contributed by atoms with van der Waals surface area (Å²) in [6.07, 6.45) is -1.86. The van der Waals surface area contributed by atoms with E-state index in [4.69, 9.17) is 0 Å². The second-order valence-electron chi connectivity index (χ2n) is 2.46. The number of carbonyl (C=O) groups excluding carboxylic acids is 1. The minimum absolute atomic E-state index is 0.0131. The molecule has 15 heavy (non-hydrogen) atoms. The SMILES string of the molecule is O=C/C=C(\Oc1cccnc1)C(F)(F)F. The lowest BCUT2D eigenvalue weighted by molar-refractivity contribution is -0.119. The van der Waals surface area contributed by atoms with Gasteiger partial charge in [0.15, 0.2) is 0 Å². The summed E-state index contributed by atoms with van der Waals surface area (Å²) in [5.74, 6) is -1.45. The molecule has 0 amide bonds. The van der Waals surface area contributed by atoms with Gasteiger partial charge >= 0.3 is 6.18 Å². The quantitative estimate of drug-likeness (QED) is 0.442. The largest absolute Gasteiger partial charge is 0.450 e. The Morgan fingerprint density at radius 1 is 1.47 bits per heavy atom. The molecule has 1 aromatic rings. The van der Waals surface area contributed by atoms with Crippen LogP contribution in [0.25, 0.3) is 0 Å². The lowest BCUT2D eigenvalue weighted by atomic mass is 10.4. The number of hydrogen-bond donors (Lipinski definition) is 0. The number of pyridine rings is 1. The number of halogens is 3. The third-order valence-electron chi connectivity index (χ3n) is 1.36. The van der Waals surface area contributed by atoms with Crippen LogP contribution >= 0.6 is 0 Å². The maximum absolute atomic E-state index is 12.2. The third-order valence-corrected chi connectivity index (χ3v) is 1.36. The van der Waals surface area contributed by atoms with Crippen molar-refractivity contribution < 1.29 is 22.7 Å². The van der Waals surface area contributed by atoms with Gasteiger partial charge < -0.3 is 4.74 Å². The molecule has 0 unspecified atom stereocenters. The molecule has 0 radical (unpaired) electrons. The molecule has 0 fully saturated rings. The fraction of sp³-hybridized carbons (Fsp3) is 0.111. The van der Waals surface area contributed by atoms with Crippen LogP contribution in [0.2, 0.25) is 0 Å². The fourth-order valence-electron chi connectivity index (χ4n) is 0.783. The topological polar surface area (TPSA) is 39.2 Å². The lowest BCUT2D eigenvalue weighted by Crippen LogP contribution is -2.17. The van der Waals surface area contributed by atoms with Gasteiger partial charge in [0, 0.05) is 12.3 Å².